The Hall–Kier alpha value is -1.69. The van der Waals surface area contributed by atoms with Crippen LogP contribution in [-0.4, -0.2) is 12.5 Å². The van der Waals surface area contributed by atoms with Crippen molar-refractivity contribution in [2.24, 2.45) is 5.92 Å². The quantitative estimate of drug-likeness (QED) is 0.738. The van der Waals surface area contributed by atoms with E-state index in [1.54, 1.807) is 0 Å². The monoisotopic (exact) mass is 387 g/mol. The summed E-state index contributed by atoms with van der Waals surface area (Å²) in [5.41, 5.74) is 9.85. The van der Waals surface area contributed by atoms with Crippen LogP contribution in [0.5, 0.6) is 0 Å². The van der Waals surface area contributed by atoms with Gasteiger partial charge in [0.15, 0.2) is 0 Å². The summed E-state index contributed by atoms with van der Waals surface area (Å²) in [4.78, 5) is 12.6. The van der Waals surface area contributed by atoms with Gasteiger partial charge in [-0.1, -0.05) is 59.3 Å². The van der Waals surface area contributed by atoms with Crippen LogP contribution in [0.2, 0.25) is 0 Å². The van der Waals surface area contributed by atoms with Crippen molar-refractivity contribution in [3.63, 3.8) is 0 Å². The van der Waals surface area contributed by atoms with E-state index in [0.717, 1.165) is 22.0 Å². The van der Waals surface area contributed by atoms with Gasteiger partial charge in [0.2, 0.25) is 5.91 Å². The second-order valence-corrected chi connectivity index (χ2v) is 6.97. The zero-order chi connectivity index (χ0) is 16.9. The zero-order valence-corrected chi connectivity index (χ0v) is 15.3. The van der Waals surface area contributed by atoms with Crippen molar-refractivity contribution < 1.29 is 4.79 Å². The first-order chi connectivity index (χ1) is 11.7. The number of hydrogen-bond donors (Lipinski definition) is 3. The third-order valence-electron chi connectivity index (χ3n) is 4.42. The highest BCUT2D eigenvalue weighted by Gasteiger charge is 2.33. The number of hydrazine groups is 1. The molecule has 0 saturated carbocycles. The maximum atomic E-state index is 12.6. The van der Waals surface area contributed by atoms with E-state index >= 15 is 0 Å². The third-order valence-corrected chi connectivity index (χ3v) is 4.92. The minimum atomic E-state index is -0.130. The molecule has 0 aliphatic carbocycles. The van der Waals surface area contributed by atoms with Crippen molar-refractivity contribution in [3.8, 4) is 0 Å². The molecule has 1 saturated heterocycles. The van der Waals surface area contributed by atoms with Crippen LogP contribution >= 0.6 is 15.9 Å². The number of amides is 1. The molecule has 1 aliphatic rings. The topological polar surface area (TPSA) is 53.2 Å². The van der Waals surface area contributed by atoms with Gasteiger partial charge in [0.25, 0.3) is 0 Å². The molecule has 24 heavy (non-hydrogen) atoms. The molecule has 3 N–H and O–H groups in total. The highest BCUT2D eigenvalue weighted by molar-refractivity contribution is 9.10. The third kappa shape index (κ3) is 4.04. The fourth-order valence-electron chi connectivity index (χ4n) is 2.97. The van der Waals surface area contributed by atoms with E-state index in [4.69, 9.17) is 0 Å². The molecule has 0 aromatic heterocycles. The molecular formula is C19H22BrN3O. The molecule has 126 valence electrons. The molecule has 0 spiro atoms. The Morgan fingerprint density at radius 1 is 1.21 bits per heavy atom. The normalized spacial score (nSPS) is 20.1. The minimum Gasteiger partial charge on any atom is -0.352 e. The van der Waals surface area contributed by atoms with E-state index in [9.17, 15) is 4.79 Å². The summed E-state index contributed by atoms with van der Waals surface area (Å²) in [5.74, 6) is -0.0636. The van der Waals surface area contributed by atoms with E-state index in [1.807, 2.05) is 18.2 Å². The van der Waals surface area contributed by atoms with Crippen molar-refractivity contribution in [2.45, 2.75) is 25.9 Å². The Labute approximate surface area is 151 Å². The zero-order valence-electron chi connectivity index (χ0n) is 13.7. The average molecular weight is 388 g/mol. The fourth-order valence-corrected chi connectivity index (χ4v) is 3.39. The summed E-state index contributed by atoms with van der Waals surface area (Å²) in [5, 5.41) is 3.06. The Bertz CT molecular complexity index is 702. The van der Waals surface area contributed by atoms with Crippen molar-refractivity contribution in [1.82, 2.24) is 16.2 Å². The molecule has 3 rings (SSSR count). The molecule has 2 aromatic rings. The number of aryl methyl sites for hydroxylation is 1. The number of halogens is 1. The first-order valence-electron chi connectivity index (χ1n) is 8.26. The lowest BCUT2D eigenvalue weighted by Crippen LogP contribution is -2.34. The van der Waals surface area contributed by atoms with Gasteiger partial charge in [-0.2, -0.15) is 0 Å². The standard InChI is InChI=1S/C19H22BrN3O/c1-2-13-6-8-14(9-7-13)11-21-19(24)17-12-22-23-18(17)15-4-3-5-16(20)10-15/h3-10,17-18,22-23H,2,11-12H2,1H3,(H,21,24). The lowest BCUT2D eigenvalue weighted by Gasteiger charge is -2.19. The van der Waals surface area contributed by atoms with Gasteiger partial charge in [-0.3, -0.25) is 10.2 Å². The molecule has 0 radical (unpaired) electrons. The number of carbonyl (C=O) groups is 1. The van der Waals surface area contributed by atoms with Gasteiger partial charge in [-0.25, -0.2) is 5.43 Å². The summed E-state index contributed by atoms with van der Waals surface area (Å²) >= 11 is 3.49. The van der Waals surface area contributed by atoms with Crippen molar-refractivity contribution >= 4 is 21.8 Å². The molecule has 1 heterocycles. The van der Waals surface area contributed by atoms with Gasteiger partial charge in [0.1, 0.15) is 0 Å². The lowest BCUT2D eigenvalue weighted by molar-refractivity contribution is -0.125. The van der Waals surface area contributed by atoms with Crippen LogP contribution in [-0.2, 0) is 17.8 Å². The number of hydrogen-bond acceptors (Lipinski definition) is 3. The van der Waals surface area contributed by atoms with Gasteiger partial charge in [0.05, 0.1) is 12.0 Å². The van der Waals surface area contributed by atoms with Crippen LogP contribution in [0, 0.1) is 5.92 Å². The summed E-state index contributed by atoms with van der Waals surface area (Å²) in [6.07, 6.45) is 1.03. The second-order valence-electron chi connectivity index (χ2n) is 6.05. The number of nitrogens with one attached hydrogen (secondary N) is 3. The van der Waals surface area contributed by atoms with E-state index < -0.39 is 0 Å². The number of rotatable bonds is 5. The van der Waals surface area contributed by atoms with Crippen LogP contribution in [0.25, 0.3) is 0 Å². The average Bonchev–Trinajstić information content (AvgIpc) is 3.10. The first kappa shape index (κ1) is 17.1. The number of benzene rings is 2. The Morgan fingerprint density at radius 2 is 1.96 bits per heavy atom. The molecule has 0 bridgehead atoms. The van der Waals surface area contributed by atoms with E-state index in [0.29, 0.717) is 13.1 Å². The van der Waals surface area contributed by atoms with Crippen LogP contribution in [0.1, 0.15) is 29.7 Å². The van der Waals surface area contributed by atoms with Crippen molar-refractivity contribution in [1.29, 1.82) is 0 Å². The van der Waals surface area contributed by atoms with E-state index in [-0.39, 0.29) is 17.9 Å². The molecule has 2 atom stereocenters. The molecule has 1 aliphatic heterocycles. The molecule has 1 fully saturated rings. The van der Waals surface area contributed by atoms with Crippen molar-refractivity contribution in [3.05, 3.63) is 69.7 Å². The maximum Gasteiger partial charge on any atom is 0.226 e. The van der Waals surface area contributed by atoms with Crippen LogP contribution in [0.3, 0.4) is 0 Å². The lowest BCUT2D eigenvalue weighted by atomic mass is 9.94. The Morgan fingerprint density at radius 3 is 2.67 bits per heavy atom. The van der Waals surface area contributed by atoms with Gasteiger partial charge < -0.3 is 5.32 Å². The minimum absolute atomic E-state index is 0.0232. The number of carbonyl (C=O) groups excluding carboxylic acids is 1. The second kappa shape index (κ2) is 7.92. The largest absolute Gasteiger partial charge is 0.352 e. The van der Waals surface area contributed by atoms with Gasteiger partial charge >= 0.3 is 0 Å². The highest BCUT2D eigenvalue weighted by Crippen LogP contribution is 2.27. The SMILES string of the molecule is CCc1ccc(CNC(=O)C2CNNC2c2cccc(Br)c2)cc1. The smallest absolute Gasteiger partial charge is 0.226 e. The Balaban J connectivity index is 1.63. The fraction of sp³-hybridized carbons (Fsp3) is 0.316. The molecule has 1 amide bonds. The van der Waals surface area contributed by atoms with Crippen LogP contribution < -0.4 is 16.2 Å². The van der Waals surface area contributed by atoms with E-state index in [2.05, 4.69) is 69.4 Å². The molecule has 4 nitrogen and oxygen atoms in total. The maximum absolute atomic E-state index is 12.6. The van der Waals surface area contributed by atoms with Crippen LogP contribution in [0.4, 0.5) is 0 Å². The summed E-state index contributed by atoms with van der Waals surface area (Å²) < 4.78 is 1.02. The Kier molecular flexibility index (Phi) is 5.66. The summed E-state index contributed by atoms with van der Waals surface area (Å²) in [6, 6.07) is 16.4. The van der Waals surface area contributed by atoms with Gasteiger partial charge in [0, 0.05) is 17.6 Å². The van der Waals surface area contributed by atoms with Crippen LogP contribution in [0.15, 0.2) is 53.0 Å². The van der Waals surface area contributed by atoms with Crippen molar-refractivity contribution in [2.75, 3.05) is 6.54 Å². The predicted octanol–water partition coefficient (Wildman–Crippen LogP) is 3.09. The highest BCUT2D eigenvalue weighted by atomic mass is 79.9. The predicted molar refractivity (Wildman–Crippen MR) is 99.2 cm³/mol. The first-order valence-corrected chi connectivity index (χ1v) is 9.06. The molecule has 2 aromatic carbocycles. The summed E-state index contributed by atoms with van der Waals surface area (Å²) in [6.45, 7) is 3.32. The van der Waals surface area contributed by atoms with E-state index in [1.165, 1.54) is 5.56 Å². The summed E-state index contributed by atoms with van der Waals surface area (Å²) in [7, 11) is 0. The molecule has 5 heteroatoms. The molecular weight excluding hydrogens is 366 g/mol. The van der Waals surface area contributed by atoms with Gasteiger partial charge in [-0.15, -0.1) is 0 Å². The van der Waals surface area contributed by atoms with Gasteiger partial charge in [-0.05, 0) is 35.2 Å². The molecule has 2 unspecified atom stereocenters.